The van der Waals surface area contributed by atoms with Crippen molar-refractivity contribution in [3.05, 3.63) is 413 Å². The average molecular weight is 1330 g/mol. The zero-order valence-electron chi connectivity index (χ0n) is 56.9. The van der Waals surface area contributed by atoms with E-state index in [1.54, 1.807) is 0 Å². The Kier molecular flexibility index (Phi) is 15.5. The van der Waals surface area contributed by atoms with Gasteiger partial charge in [-0.25, -0.2) is 0 Å². The second-order valence-electron chi connectivity index (χ2n) is 26.6. The van der Waals surface area contributed by atoms with Crippen LogP contribution in [0.5, 0.6) is 0 Å². The highest BCUT2D eigenvalue weighted by molar-refractivity contribution is 6.07. The van der Waals surface area contributed by atoms with Gasteiger partial charge in [-0.15, -0.1) is 0 Å². The number of benzene rings is 17. The van der Waals surface area contributed by atoms with Gasteiger partial charge in [-0.3, -0.25) is 0 Å². The molecule has 104 heavy (non-hydrogen) atoms. The normalized spacial score (nSPS) is 11.5. The number of aromatic nitrogens is 2. The van der Waals surface area contributed by atoms with Crippen molar-refractivity contribution in [2.75, 3.05) is 19.6 Å². The molecule has 0 radical (unpaired) electrons. The summed E-state index contributed by atoms with van der Waals surface area (Å²) in [6.07, 6.45) is 0. The van der Waals surface area contributed by atoms with Crippen molar-refractivity contribution >= 4 is 133 Å². The summed E-state index contributed by atoms with van der Waals surface area (Å²) in [6.45, 7) is 0. The number of rotatable bonds is 16. The highest BCUT2D eigenvalue weighted by Gasteiger charge is 2.24. The third kappa shape index (κ3) is 11.2. The Labute approximate surface area is 604 Å². The predicted octanol–water partition coefficient (Wildman–Crippen LogP) is 27.4. The van der Waals surface area contributed by atoms with Crippen molar-refractivity contribution < 1.29 is 0 Å². The first kappa shape index (κ1) is 61.2. The largest absolute Gasteiger partial charge is 0.311 e. The summed E-state index contributed by atoms with van der Waals surface area (Å²) in [4.78, 5) is 9.39. The zero-order chi connectivity index (χ0) is 68.9. The molecule has 0 saturated heterocycles. The molecule has 2 aromatic heterocycles. The first-order valence-corrected chi connectivity index (χ1v) is 35.5. The van der Waals surface area contributed by atoms with E-state index in [4.69, 9.17) is 0 Å². The van der Waals surface area contributed by atoms with Crippen LogP contribution in [0, 0.1) is 0 Å². The second kappa shape index (κ2) is 26.3. The molecule has 0 spiro atoms. The summed E-state index contributed by atoms with van der Waals surface area (Å²) >= 11 is 0. The first-order valence-electron chi connectivity index (χ1n) is 35.5. The van der Waals surface area contributed by atoms with Crippen LogP contribution >= 0.6 is 0 Å². The molecule has 0 bridgehead atoms. The summed E-state index contributed by atoms with van der Waals surface area (Å²) < 4.78 is 4.96. The minimum Gasteiger partial charge on any atom is -0.311 e. The molecule has 19 aromatic rings. The molecule has 490 valence electrons. The summed E-state index contributed by atoms with van der Waals surface area (Å²) in [5.74, 6) is 0. The molecule has 6 heteroatoms. The lowest BCUT2D eigenvalue weighted by molar-refractivity contribution is 1.13. The standard InChI is InChI=1S/C98H68N6/c1-5-31-77(32-6-1)99(78-33-7-2-8-34-78)81-47-51-83(52-48-81)101(89-45-43-69-23-13-15-27-73(69)63-89)85-55-59-87(60-56-85)103-95-65-76-68-98(94-42-22-30-72-26-18-20-40-92(72)94)104(96(76)66-75(95)67-97(103)93-41-21-29-71-25-17-19-39-91(71)93)88-61-57-86(58-62-88)102(90-46-44-70-24-14-16-28-74(70)64-90)84-53-49-82(50-54-84)100(79-35-9-3-10-36-79)80-37-11-4-12-38-80/h1-68H. The summed E-state index contributed by atoms with van der Waals surface area (Å²) in [7, 11) is 0. The van der Waals surface area contributed by atoms with Crippen LogP contribution in [0.3, 0.4) is 0 Å². The Hall–Kier alpha value is -13.9. The third-order valence-corrected chi connectivity index (χ3v) is 20.4. The van der Waals surface area contributed by atoms with Gasteiger partial charge in [-0.2, -0.15) is 0 Å². The van der Waals surface area contributed by atoms with Crippen LogP contribution < -0.4 is 19.6 Å². The second-order valence-corrected chi connectivity index (χ2v) is 26.6. The van der Waals surface area contributed by atoms with E-state index in [2.05, 4.69) is 441 Å². The van der Waals surface area contributed by atoms with E-state index in [0.29, 0.717) is 0 Å². The van der Waals surface area contributed by atoms with Crippen LogP contribution in [0.15, 0.2) is 413 Å². The van der Waals surface area contributed by atoms with Crippen molar-refractivity contribution in [2.45, 2.75) is 0 Å². The Balaban J connectivity index is 0.756. The topological polar surface area (TPSA) is 22.8 Å². The van der Waals surface area contributed by atoms with E-state index < -0.39 is 0 Å². The van der Waals surface area contributed by atoms with Crippen molar-refractivity contribution in [1.82, 2.24) is 9.13 Å². The van der Waals surface area contributed by atoms with Gasteiger partial charge in [0.1, 0.15) is 0 Å². The van der Waals surface area contributed by atoms with Crippen molar-refractivity contribution in [3.63, 3.8) is 0 Å². The maximum Gasteiger partial charge on any atom is 0.0547 e. The van der Waals surface area contributed by atoms with Gasteiger partial charge in [0.15, 0.2) is 0 Å². The molecule has 19 rings (SSSR count). The number of anilines is 12. The molecule has 2 heterocycles. The van der Waals surface area contributed by atoms with Crippen molar-refractivity contribution in [2.24, 2.45) is 0 Å². The average Bonchev–Trinajstić information content (AvgIpc) is 1.56. The number of para-hydroxylation sites is 4. The summed E-state index contributed by atoms with van der Waals surface area (Å²) in [5.41, 5.74) is 21.7. The fraction of sp³-hybridized carbons (Fsp3) is 0. The van der Waals surface area contributed by atoms with Gasteiger partial charge < -0.3 is 28.7 Å². The molecular formula is C98H68N6. The maximum atomic E-state index is 2.48. The van der Waals surface area contributed by atoms with Crippen LogP contribution in [-0.4, -0.2) is 9.13 Å². The molecule has 0 saturated carbocycles. The van der Waals surface area contributed by atoms with E-state index in [-0.39, 0.29) is 0 Å². The van der Waals surface area contributed by atoms with Crippen molar-refractivity contribution in [1.29, 1.82) is 0 Å². The molecule has 0 aliphatic heterocycles. The zero-order valence-corrected chi connectivity index (χ0v) is 56.9. The lowest BCUT2D eigenvalue weighted by atomic mass is 10.0. The molecule has 0 amide bonds. The Morgan fingerprint density at radius 1 is 0.154 bits per heavy atom. The Bertz CT molecular complexity index is 5850. The fourth-order valence-electron chi connectivity index (χ4n) is 15.5. The van der Waals surface area contributed by atoms with Crippen LogP contribution in [0.25, 0.3) is 98.8 Å². The van der Waals surface area contributed by atoms with Gasteiger partial charge in [0.05, 0.1) is 22.4 Å². The van der Waals surface area contributed by atoms with E-state index in [0.717, 1.165) is 124 Å². The van der Waals surface area contributed by atoms with Crippen LogP contribution in [0.2, 0.25) is 0 Å². The molecule has 0 fully saturated rings. The predicted molar refractivity (Wildman–Crippen MR) is 440 cm³/mol. The number of nitrogens with zero attached hydrogens (tertiary/aromatic N) is 6. The minimum atomic E-state index is 1.04. The summed E-state index contributed by atoms with van der Waals surface area (Å²) in [5, 5.41) is 11.8. The molecule has 0 aliphatic rings. The number of hydrogen-bond acceptors (Lipinski definition) is 4. The molecule has 17 aromatic carbocycles. The molecular weight excluding hydrogens is 1260 g/mol. The Morgan fingerprint density at radius 3 is 0.740 bits per heavy atom. The lowest BCUT2D eigenvalue weighted by Crippen LogP contribution is -2.12. The van der Waals surface area contributed by atoms with Crippen LogP contribution in [0.1, 0.15) is 0 Å². The minimum absolute atomic E-state index is 1.04. The smallest absolute Gasteiger partial charge is 0.0547 e. The lowest BCUT2D eigenvalue weighted by Gasteiger charge is -2.28. The van der Waals surface area contributed by atoms with E-state index in [1.165, 1.54) is 43.1 Å². The monoisotopic (exact) mass is 1330 g/mol. The molecule has 0 N–H and O–H groups in total. The number of fused-ring (bicyclic) bond motifs is 6. The van der Waals surface area contributed by atoms with Crippen molar-refractivity contribution in [3.8, 4) is 33.9 Å². The molecule has 0 atom stereocenters. The fourth-order valence-corrected chi connectivity index (χ4v) is 15.5. The van der Waals surface area contributed by atoms with E-state index in [1.807, 2.05) is 0 Å². The van der Waals surface area contributed by atoms with Crippen LogP contribution in [0.4, 0.5) is 68.2 Å². The molecule has 6 nitrogen and oxygen atoms in total. The first-order chi connectivity index (χ1) is 51.6. The molecule has 0 unspecified atom stereocenters. The van der Waals surface area contributed by atoms with Gasteiger partial charge in [-0.1, -0.05) is 218 Å². The molecule has 0 aliphatic carbocycles. The van der Waals surface area contributed by atoms with Gasteiger partial charge >= 0.3 is 0 Å². The number of hydrogen-bond donors (Lipinski definition) is 0. The third-order valence-electron chi connectivity index (χ3n) is 20.4. The maximum absolute atomic E-state index is 2.48. The Morgan fingerprint density at radius 2 is 0.404 bits per heavy atom. The van der Waals surface area contributed by atoms with Gasteiger partial charge in [-0.05, 0) is 237 Å². The van der Waals surface area contributed by atoms with E-state index in [9.17, 15) is 0 Å². The highest BCUT2D eigenvalue weighted by Crippen LogP contribution is 2.46. The summed E-state index contributed by atoms with van der Waals surface area (Å²) in [6, 6.07) is 150. The quantitative estimate of drug-likeness (QED) is 0.0962. The van der Waals surface area contributed by atoms with Gasteiger partial charge in [0, 0.05) is 102 Å². The SMILES string of the molecule is c1ccc(N(c2ccccc2)c2ccc(N(c3ccc(-n4c(-c5cccc6ccccc56)cc5cc6c(cc(-c7cccc8ccccc78)n6-c6ccc(N(c7ccc(N(c8ccccc8)c8ccccc8)cc7)c7ccc8ccccc8c7)cc6)cc54)cc3)c3ccc4ccccc4c3)cc2)cc1. The van der Waals surface area contributed by atoms with E-state index >= 15 is 0 Å². The van der Waals surface area contributed by atoms with Gasteiger partial charge in [0.25, 0.3) is 0 Å². The van der Waals surface area contributed by atoms with Gasteiger partial charge in [0.2, 0.25) is 0 Å². The van der Waals surface area contributed by atoms with Crippen LogP contribution in [-0.2, 0) is 0 Å². The highest BCUT2D eigenvalue weighted by atomic mass is 15.2.